The van der Waals surface area contributed by atoms with Gasteiger partial charge in [0.2, 0.25) is 0 Å². The lowest BCUT2D eigenvalue weighted by atomic mass is 9.84. The van der Waals surface area contributed by atoms with Crippen LogP contribution in [-0.4, -0.2) is 25.0 Å². The van der Waals surface area contributed by atoms with Gasteiger partial charge in [-0.25, -0.2) is 0 Å². The molecule has 1 N–H and O–H groups in total. The van der Waals surface area contributed by atoms with E-state index in [9.17, 15) is 0 Å². The fourth-order valence-electron chi connectivity index (χ4n) is 10.4. The predicted molar refractivity (Wildman–Crippen MR) is 241 cm³/mol. The van der Waals surface area contributed by atoms with Crippen LogP contribution in [0.25, 0.3) is 33.7 Å². The van der Waals surface area contributed by atoms with Gasteiger partial charge in [0.1, 0.15) is 0 Å². The van der Waals surface area contributed by atoms with E-state index in [-0.39, 0.29) is 18.1 Å². The van der Waals surface area contributed by atoms with E-state index in [4.69, 9.17) is 0 Å². The Hall–Kier alpha value is -6.32. The molecule has 3 aliphatic heterocycles. The second-order valence-corrected chi connectivity index (χ2v) is 16.5. The van der Waals surface area contributed by atoms with Crippen molar-refractivity contribution < 1.29 is 0 Å². The van der Waals surface area contributed by atoms with Crippen LogP contribution in [0, 0.1) is 5.92 Å². The Morgan fingerprint density at radius 1 is 0.509 bits per heavy atom. The number of nitrogens with one attached hydrogen (secondary N) is 1. The van der Waals surface area contributed by atoms with Gasteiger partial charge in [-0.2, -0.15) is 0 Å². The Balaban J connectivity index is 0.834. The lowest BCUT2D eigenvalue weighted by Crippen LogP contribution is -2.30. The van der Waals surface area contributed by atoms with Gasteiger partial charge in [-0.1, -0.05) is 176 Å². The molecule has 0 saturated heterocycles. The molecule has 0 radical (unpaired) electrons. The fraction of sp³-hybridized carbons (Fsp3) is 0.185. The van der Waals surface area contributed by atoms with Crippen molar-refractivity contribution in [3.05, 3.63) is 214 Å². The number of nitrogens with zero attached hydrogens (tertiary/aromatic N) is 2. The molecule has 3 nitrogen and oxygen atoms in total. The SMILES string of the molecule is CN1C2=C(C=CC1c1cccc3ccccc13)CCC1=C2C=CC(C2=CC=C(C3C=Cc4ccc5c(c4N3)N(C)C(c3cccc4ccccc34)C=C5)CC2)C=C1. The first-order valence-corrected chi connectivity index (χ1v) is 20.7. The summed E-state index contributed by atoms with van der Waals surface area (Å²) in [6.07, 6.45) is 33.0. The molecule has 11 rings (SSSR count). The number of anilines is 2. The predicted octanol–water partition coefficient (Wildman–Crippen LogP) is 13.0. The summed E-state index contributed by atoms with van der Waals surface area (Å²) in [5.41, 5.74) is 16.4. The van der Waals surface area contributed by atoms with E-state index in [0.717, 1.165) is 25.7 Å². The summed E-state index contributed by atoms with van der Waals surface area (Å²) in [5.74, 6) is 0.296. The zero-order chi connectivity index (χ0) is 38.0. The van der Waals surface area contributed by atoms with Crippen molar-refractivity contribution in [1.29, 1.82) is 0 Å². The molecule has 3 heteroatoms. The number of rotatable bonds is 4. The minimum atomic E-state index is 0.157. The summed E-state index contributed by atoms with van der Waals surface area (Å²) in [6, 6.07) is 36.0. The molecule has 6 aliphatic rings. The zero-order valence-corrected chi connectivity index (χ0v) is 32.7. The van der Waals surface area contributed by atoms with Crippen LogP contribution in [0.5, 0.6) is 0 Å². The van der Waals surface area contributed by atoms with Crippen molar-refractivity contribution in [3.8, 4) is 0 Å². The minimum Gasteiger partial charge on any atom is -0.373 e. The number of hydrogen-bond acceptors (Lipinski definition) is 3. The van der Waals surface area contributed by atoms with Gasteiger partial charge in [-0.05, 0) is 86.2 Å². The summed E-state index contributed by atoms with van der Waals surface area (Å²) in [7, 11) is 4.54. The Kier molecular flexibility index (Phi) is 8.17. The molecule has 4 atom stereocenters. The Bertz CT molecular complexity index is 2770. The highest BCUT2D eigenvalue weighted by molar-refractivity contribution is 5.93. The fourth-order valence-corrected chi connectivity index (χ4v) is 10.4. The van der Waals surface area contributed by atoms with E-state index in [0.29, 0.717) is 5.92 Å². The van der Waals surface area contributed by atoms with Gasteiger partial charge in [0.15, 0.2) is 0 Å². The van der Waals surface area contributed by atoms with Gasteiger partial charge >= 0.3 is 0 Å². The Morgan fingerprint density at radius 2 is 1.11 bits per heavy atom. The van der Waals surface area contributed by atoms with E-state index in [1.807, 2.05) is 0 Å². The average Bonchev–Trinajstić information content (AvgIpc) is 3.49. The molecule has 0 amide bonds. The third-order valence-electron chi connectivity index (χ3n) is 13.4. The van der Waals surface area contributed by atoms with Gasteiger partial charge in [0, 0.05) is 31.3 Å². The first kappa shape index (κ1) is 34.0. The molecule has 278 valence electrons. The molecular weight excluding hydrogens is 691 g/mol. The average molecular weight is 738 g/mol. The smallest absolute Gasteiger partial charge is 0.0733 e. The molecule has 5 aromatic rings. The minimum absolute atomic E-state index is 0.157. The largest absolute Gasteiger partial charge is 0.373 e. The number of hydrogen-bond donors (Lipinski definition) is 1. The highest BCUT2D eigenvalue weighted by Gasteiger charge is 2.32. The lowest BCUT2D eigenvalue weighted by Gasteiger charge is -2.38. The van der Waals surface area contributed by atoms with E-state index < -0.39 is 0 Å². The number of likely N-dealkylation sites (N-methyl/N-ethyl adjacent to an activating group) is 2. The monoisotopic (exact) mass is 737 g/mol. The van der Waals surface area contributed by atoms with Crippen LogP contribution in [0.15, 0.2) is 191 Å². The molecule has 0 aromatic heterocycles. The number of fused-ring (bicyclic) bond motifs is 6. The summed E-state index contributed by atoms with van der Waals surface area (Å²) in [5, 5.41) is 9.25. The van der Waals surface area contributed by atoms with Gasteiger partial charge in [0.25, 0.3) is 0 Å². The molecule has 0 spiro atoms. The maximum absolute atomic E-state index is 4.02. The molecule has 3 aliphatic carbocycles. The molecule has 3 heterocycles. The molecule has 0 bridgehead atoms. The van der Waals surface area contributed by atoms with Crippen molar-refractivity contribution >= 4 is 45.1 Å². The summed E-state index contributed by atoms with van der Waals surface area (Å²) in [4.78, 5) is 4.99. The Morgan fingerprint density at radius 3 is 1.86 bits per heavy atom. The second kappa shape index (κ2) is 13.7. The van der Waals surface area contributed by atoms with Crippen LogP contribution < -0.4 is 10.2 Å². The van der Waals surface area contributed by atoms with Crippen LogP contribution in [0.2, 0.25) is 0 Å². The standard InChI is InChI=1S/C54H47N3/c1-56-50(47-15-7-11-37-9-3-5-13-44(37)47)33-29-42-25-21-39-20-17-36(27-31-46(39)53(42)56)35-18-22-40(23-19-35)49-32-28-41-24-26-43-30-34-51(57(2)54(43)52(41)55-49)48-16-8-12-38-10-4-6-14-45(38)48/h3-18,20,22,24,26-34,36,49-51,55H,19,21,23,25H2,1-2H3. The lowest BCUT2D eigenvalue weighted by molar-refractivity contribution is 0.357. The quantitative estimate of drug-likeness (QED) is 0.198. The van der Waals surface area contributed by atoms with Crippen LogP contribution in [-0.2, 0) is 0 Å². The number of benzene rings is 5. The molecular formula is C54H47N3. The third kappa shape index (κ3) is 5.71. The number of allylic oxidation sites excluding steroid dienone is 10. The van der Waals surface area contributed by atoms with Gasteiger partial charge in [0.05, 0.1) is 29.5 Å². The van der Waals surface area contributed by atoms with Crippen LogP contribution in [0.4, 0.5) is 11.4 Å². The summed E-state index contributed by atoms with van der Waals surface area (Å²) in [6.45, 7) is 0. The van der Waals surface area contributed by atoms with Crippen LogP contribution >= 0.6 is 0 Å². The normalized spacial score (nSPS) is 23.5. The summed E-state index contributed by atoms with van der Waals surface area (Å²) < 4.78 is 0. The van der Waals surface area contributed by atoms with E-state index in [1.165, 1.54) is 88.7 Å². The summed E-state index contributed by atoms with van der Waals surface area (Å²) >= 11 is 0. The van der Waals surface area contributed by atoms with E-state index in [1.54, 1.807) is 0 Å². The highest BCUT2D eigenvalue weighted by atomic mass is 15.2. The van der Waals surface area contributed by atoms with Gasteiger partial charge in [-0.15, -0.1) is 0 Å². The van der Waals surface area contributed by atoms with Crippen molar-refractivity contribution in [2.45, 2.75) is 43.8 Å². The molecule has 0 fully saturated rings. The van der Waals surface area contributed by atoms with Crippen molar-refractivity contribution in [2.24, 2.45) is 5.92 Å². The molecule has 57 heavy (non-hydrogen) atoms. The van der Waals surface area contributed by atoms with Gasteiger partial charge < -0.3 is 15.1 Å². The van der Waals surface area contributed by atoms with Crippen molar-refractivity contribution in [2.75, 3.05) is 24.3 Å². The van der Waals surface area contributed by atoms with E-state index >= 15 is 0 Å². The maximum atomic E-state index is 4.02. The Labute approximate surface area is 336 Å². The topological polar surface area (TPSA) is 18.5 Å². The van der Waals surface area contributed by atoms with E-state index in [2.05, 4.69) is 199 Å². The van der Waals surface area contributed by atoms with Crippen LogP contribution in [0.3, 0.4) is 0 Å². The molecule has 5 aromatic carbocycles. The van der Waals surface area contributed by atoms with Crippen LogP contribution in [0.1, 0.15) is 60.0 Å². The molecule has 4 unspecified atom stereocenters. The second-order valence-electron chi connectivity index (χ2n) is 16.5. The third-order valence-corrected chi connectivity index (χ3v) is 13.4. The highest BCUT2D eigenvalue weighted by Crippen LogP contribution is 2.47. The van der Waals surface area contributed by atoms with Gasteiger partial charge in [-0.3, -0.25) is 0 Å². The maximum Gasteiger partial charge on any atom is 0.0733 e. The first-order valence-electron chi connectivity index (χ1n) is 20.7. The first-order chi connectivity index (χ1) is 28.1. The zero-order valence-electron chi connectivity index (χ0n) is 32.7. The van der Waals surface area contributed by atoms with Crippen molar-refractivity contribution in [1.82, 2.24) is 4.90 Å². The van der Waals surface area contributed by atoms with Crippen molar-refractivity contribution in [3.63, 3.8) is 0 Å². The molecule has 0 saturated carbocycles.